The van der Waals surface area contributed by atoms with Crippen LogP contribution in [0.2, 0.25) is 0 Å². The van der Waals surface area contributed by atoms with Crippen molar-refractivity contribution < 1.29 is 32.6 Å². The quantitative estimate of drug-likeness (QED) is 0.833. The van der Waals surface area contributed by atoms with Gasteiger partial charge < -0.3 is 15.2 Å². The summed E-state index contributed by atoms with van der Waals surface area (Å²) in [5, 5.41) is 11.4. The van der Waals surface area contributed by atoms with E-state index in [1.807, 2.05) is 0 Å². The molecule has 1 unspecified atom stereocenters. The number of nitrogens with one attached hydrogen (secondary N) is 1. The molecule has 0 saturated heterocycles. The smallest absolute Gasteiger partial charge is 0.408 e. The first-order chi connectivity index (χ1) is 9.78. The molecular formula is C14H20F3NO4. The lowest BCUT2D eigenvalue weighted by Crippen LogP contribution is -2.69. The third-order valence-electron chi connectivity index (χ3n) is 4.37. The molecule has 0 heterocycles. The van der Waals surface area contributed by atoms with Gasteiger partial charge in [-0.2, -0.15) is 13.2 Å². The van der Waals surface area contributed by atoms with Gasteiger partial charge in [0.15, 0.2) is 0 Å². The molecule has 0 aromatic rings. The summed E-state index contributed by atoms with van der Waals surface area (Å²) in [6.07, 6.45) is -5.27. The van der Waals surface area contributed by atoms with Gasteiger partial charge in [0.25, 0.3) is 0 Å². The van der Waals surface area contributed by atoms with Crippen LogP contribution in [0, 0.1) is 10.8 Å². The molecule has 0 aromatic heterocycles. The first-order valence-electron chi connectivity index (χ1n) is 7.07. The first kappa shape index (κ1) is 16.9. The predicted molar refractivity (Wildman–Crippen MR) is 70.2 cm³/mol. The third-order valence-corrected chi connectivity index (χ3v) is 4.37. The van der Waals surface area contributed by atoms with E-state index in [1.165, 1.54) is 0 Å². The van der Waals surface area contributed by atoms with Gasteiger partial charge in [-0.3, -0.25) is 0 Å². The Bertz CT molecular complexity index is 476. The van der Waals surface area contributed by atoms with Crippen molar-refractivity contribution in [2.45, 2.75) is 64.3 Å². The average molecular weight is 323 g/mol. The van der Waals surface area contributed by atoms with E-state index in [9.17, 15) is 22.8 Å². The Balaban J connectivity index is 1.91. The van der Waals surface area contributed by atoms with E-state index in [0.717, 1.165) is 0 Å². The van der Waals surface area contributed by atoms with E-state index in [2.05, 4.69) is 5.32 Å². The van der Waals surface area contributed by atoms with Gasteiger partial charge in [-0.15, -0.1) is 0 Å². The number of rotatable bonds is 4. The molecule has 126 valence electrons. The Morgan fingerprint density at radius 3 is 2.09 bits per heavy atom. The zero-order valence-corrected chi connectivity index (χ0v) is 12.7. The molecule has 3 saturated carbocycles. The summed E-state index contributed by atoms with van der Waals surface area (Å²) in [6, 6.07) is -1.23. The van der Waals surface area contributed by atoms with Crippen LogP contribution < -0.4 is 5.32 Å². The summed E-state index contributed by atoms with van der Waals surface area (Å²) < 4.78 is 43.3. The summed E-state index contributed by atoms with van der Waals surface area (Å²) in [5.41, 5.74) is -3.01. The van der Waals surface area contributed by atoms with Crippen LogP contribution >= 0.6 is 0 Å². The fourth-order valence-electron chi connectivity index (χ4n) is 3.60. The number of halogens is 3. The Kier molecular flexibility index (Phi) is 3.66. The molecule has 0 aromatic carbocycles. The Labute approximate surface area is 126 Å². The minimum atomic E-state index is -4.23. The van der Waals surface area contributed by atoms with Gasteiger partial charge in [0.2, 0.25) is 0 Å². The molecule has 22 heavy (non-hydrogen) atoms. The standard InChI is InChI=1S/C14H20F3NO4/c1-11(2,3)22-10(21)18-8(9(19)20)4-12-5-13(6-12,7-12)14(15,16)17/h8H,4-7H2,1-3H3,(H,18,21)(H,19,20). The lowest BCUT2D eigenvalue weighted by molar-refractivity contribution is -0.365. The maximum absolute atomic E-state index is 12.8. The Morgan fingerprint density at radius 1 is 1.23 bits per heavy atom. The largest absolute Gasteiger partial charge is 0.480 e. The number of amides is 1. The Hall–Kier alpha value is -1.47. The highest BCUT2D eigenvalue weighted by atomic mass is 19.4. The van der Waals surface area contributed by atoms with Gasteiger partial charge >= 0.3 is 18.2 Å². The van der Waals surface area contributed by atoms with Crippen molar-refractivity contribution in [2.75, 3.05) is 0 Å². The number of aliphatic carboxylic acids is 1. The molecule has 5 nitrogen and oxygen atoms in total. The maximum atomic E-state index is 12.8. The van der Waals surface area contributed by atoms with Gasteiger partial charge in [-0.25, -0.2) is 9.59 Å². The second-order valence-electron chi connectivity index (χ2n) is 7.55. The minimum absolute atomic E-state index is 0.000589. The lowest BCUT2D eigenvalue weighted by Gasteiger charge is -2.71. The number of carboxylic acids is 1. The van der Waals surface area contributed by atoms with Crippen molar-refractivity contribution in [1.82, 2.24) is 5.32 Å². The number of alkyl halides is 3. The number of hydrogen-bond donors (Lipinski definition) is 2. The molecule has 2 bridgehead atoms. The van der Waals surface area contributed by atoms with E-state index in [4.69, 9.17) is 9.84 Å². The lowest BCUT2D eigenvalue weighted by atomic mass is 9.33. The predicted octanol–water partition coefficient (Wildman–Crippen LogP) is 3.09. The van der Waals surface area contributed by atoms with E-state index in [0.29, 0.717) is 0 Å². The monoisotopic (exact) mass is 323 g/mol. The normalized spacial score (nSPS) is 31.5. The van der Waals surface area contributed by atoms with E-state index < -0.39 is 40.7 Å². The van der Waals surface area contributed by atoms with E-state index in [-0.39, 0.29) is 25.7 Å². The number of ether oxygens (including phenoxy) is 1. The molecule has 3 fully saturated rings. The molecule has 3 rings (SSSR count). The van der Waals surface area contributed by atoms with Crippen LogP contribution in [0.25, 0.3) is 0 Å². The molecule has 8 heteroatoms. The van der Waals surface area contributed by atoms with Gasteiger partial charge in [0.05, 0.1) is 5.41 Å². The molecule has 0 aliphatic heterocycles. The highest BCUT2D eigenvalue weighted by Crippen LogP contribution is 2.79. The van der Waals surface area contributed by atoms with Crippen LogP contribution in [-0.2, 0) is 9.53 Å². The van der Waals surface area contributed by atoms with Crippen molar-refractivity contribution in [2.24, 2.45) is 10.8 Å². The van der Waals surface area contributed by atoms with E-state index >= 15 is 0 Å². The summed E-state index contributed by atoms with van der Waals surface area (Å²) in [5.74, 6) is -1.27. The first-order valence-corrected chi connectivity index (χ1v) is 7.07. The Morgan fingerprint density at radius 2 is 1.73 bits per heavy atom. The molecule has 1 amide bonds. The zero-order valence-electron chi connectivity index (χ0n) is 12.7. The highest BCUT2D eigenvalue weighted by Gasteiger charge is 2.78. The average Bonchev–Trinajstić information content (AvgIpc) is 2.13. The summed E-state index contributed by atoms with van der Waals surface area (Å²) in [4.78, 5) is 22.8. The molecule has 0 spiro atoms. The molecule has 3 aliphatic rings. The number of alkyl carbamates (subject to hydrolysis) is 1. The summed E-state index contributed by atoms with van der Waals surface area (Å²) >= 11 is 0. The molecule has 3 aliphatic carbocycles. The fourth-order valence-corrected chi connectivity index (χ4v) is 3.60. The van der Waals surface area contributed by atoms with Gasteiger partial charge in [-0.05, 0) is 51.9 Å². The van der Waals surface area contributed by atoms with Gasteiger partial charge in [-0.1, -0.05) is 0 Å². The minimum Gasteiger partial charge on any atom is -0.480 e. The highest BCUT2D eigenvalue weighted by molar-refractivity contribution is 5.80. The van der Waals surface area contributed by atoms with Gasteiger partial charge in [0, 0.05) is 0 Å². The van der Waals surface area contributed by atoms with E-state index in [1.54, 1.807) is 20.8 Å². The fraction of sp³-hybridized carbons (Fsp3) is 0.857. The maximum Gasteiger partial charge on any atom is 0.408 e. The van der Waals surface area contributed by atoms with Crippen molar-refractivity contribution in [3.63, 3.8) is 0 Å². The number of carboxylic acid groups (broad SMARTS) is 1. The van der Waals surface area contributed by atoms with Gasteiger partial charge in [0.1, 0.15) is 11.6 Å². The summed E-state index contributed by atoms with van der Waals surface area (Å²) in [7, 11) is 0. The van der Waals surface area contributed by atoms with Crippen LogP contribution in [0.15, 0.2) is 0 Å². The van der Waals surface area contributed by atoms with Crippen LogP contribution in [0.5, 0.6) is 0 Å². The molecule has 2 N–H and O–H groups in total. The second kappa shape index (κ2) is 4.76. The molecular weight excluding hydrogens is 303 g/mol. The van der Waals surface area contributed by atoms with Crippen molar-refractivity contribution >= 4 is 12.1 Å². The van der Waals surface area contributed by atoms with Crippen LogP contribution in [0.1, 0.15) is 46.5 Å². The summed E-state index contributed by atoms with van der Waals surface area (Å²) in [6.45, 7) is 4.91. The number of carbonyl (C=O) groups is 2. The SMILES string of the molecule is CC(C)(C)OC(=O)NC(CC12CC(C(F)(F)F)(C1)C2)C(=O)O. The van der Waals surface area contributed by atoms with Crippen LogP contribution in [0.3, 0.4) is 0 Å². The second-order valence-corrected chi connectivity index (χ2v) is 7.55. The topological polar surface area (TPSA) is 75.6 Å². The molecule has 0 radical (unpaired) electrons. The van der Waals surface area contributed by atoms with Crippen molar-refractivity contribution in [1.29, 1.82) is 0 Å². The van der Waals surface area contributed by atoms with Crippen LogP contribution in [-0.4, -0.2) is 35.0 Å². The molecule has 1 atom stereocenters. The number of carbonyl (C=O) groups excluding carboxylic acids is 1. The third kappa shape index (κ3) is 3.01. The van der Waals surface area contributed by atoms with Crippen LogP contribution in [0.4, 0.5) is 18.0 Å². The van der Waals surface area contributed by atoms with Crippen molar-refractivity contribution in [3.05, 3.63) is 0 Å². The number of hydrogen-bond acceptors (Lipinski definition) is 3. The zero-order chi connectivity index (χ0) is 17.0. The van der Waals surface area contributed by atoms with Crippen molar-refractivity contribution in [3.8, 4) is 0 Å².